The molecule has 0 fully saturated rings. The monoisotopic (exact) mass is 523 g/mol. The first kappa shape index (κ1) is 24.9. The Kier molecular flexibility index (Phi) is 6.97. The topological polar surface area (TPSA) is 68.6 Å². The van der Waals surface area contributed by atoms with Gasteiger partial charge in [-0.05, 0) is 42.0 Å². The number of benzene rings is 5. The van der Waals surface area contributed by atoms with Gasteiger partial charge in [-0.1, -0.05) is 97.1 Å². The number of halogens is 1. The molecule has 6 rings (SSSR count). The standard InChI is InChI=1S/C34H26FN5/c35-28-19-9-7-17-26(28)34-38-29-20-10-12-22-31(29)40(34)30-21-11-8-18-27(30)33(37-23-24-13-3-1-4-14-24)39-32(36)25-15-5-2-6-16-25/h1-22H,23H2,(H2,36,37,39). The number of aromatic nitrogens is 2. The molecule has 0 aliphatic rings. The summed E-state index contributed by atoms with van der Waals surface area (Å²) in [4.78, 5) is 14.6. The average Bonchev–Trinajstić information content (AvgIpc) is 3.39. The number of nitrogens with two attached hydrogens (primary N) is 1. The summed E-state index contributed by atoms with van der Waals surface area (Å²) in [5, 5.41) is 0. The second-order valence-electron chi connectivity index (χ2n) is 9.25. The molecule has 0 bridgehead atoms. The van der Waals surface area contributed by atoms with Gasteiger partial charge < -0.3 is 5.73 Å². The number of aliphatic imine (C=N–C) groups is 2. The zero-order valence-corrected chi connectivity index (χ0v) is 21.7. The molecule has 6 heteroatoms. The van der Waals surface area contributed by atoms with Gasteiger partial charge in [0.1, 0.15) is 17.5 Å². The Hall–Kier alpha value is -5.36. The third-order valence-electron chi connectivity index (χ3n) is 6.61. The van der Waals surface area contributed by atoms with Gasteiger partial charge in [0, 0.05) is 11.1 Å². The number of hydrogen-bond donors (Lipinski definition) is 1. The summed E-state index contributed by atoms with van der Waals surface area (Å²) in [5.41, 5.74) is 11.9. The lowest BCUT2D eigenvalue weighted by molar-refractivity contribution is 0.629. The van der Waals surface area contributed by atoms with Crippen molar-refractivity contribution in [1.82, 2.24) is 9.55 Å². The normalized spacial score (nSPS) is 12.1. The van der Waals surface area contributed by atoms with Crippen molar-refractivity contribution in [1.29, 1.82) is 0 Å². The van der Waals surface area contributed by atoms with Crippen LogP contribution >= 0.6 is 0 Å². The molecule has 0 amide bonds. The van der Waals surface area contributed by atoms with E-state index in [9.17, 15) is 0 Å². The van der Waals surface area contributed by atoms with Crippen molar-refractivity contribution < 1.29 is 4.39 Å². The molecule has 5 aromatic carbocycles. The Bertz CT molecular complexity index is 1840. The zero-order valence-electron chi connectivity index (χ0n) is 21.7. The molecule has 0 atom stereocenters. The number of rotatable bonds is 6. The minimum absolute atomic E-state index is 0.346. The summed E-state index contributed by atoms with van der Waals surface area (Å²) >= 11 is 0. The first-order valence-electron chi connectivity index (χ1n) is 13.0. The smallest absolute Gasteiger partial charge is 0.159 e. The zero-order chi connectivity index (χ0) is 27.3. The Balaban J connectivity index is 1.58. The van der Waals surface area contributed by atoms with E-state index >= 15 is 4.39 Å². The predicted octanol–water partition coefficient (Wildman–Crippen LogP) is 7.18. The van der Waals surface area contributed by atoms with Crippen molar-refractivity contribution in [2.24, 2.45) is 15.7 Å². The van der Waals surface area contributed by atoms with E-state index in [4.69, 9.17) is 20.7 Å². The summed E-state index contributed by atoms with van der Waals surface area (Å²) < 4.78 is 17.1. The second kappa shape index (κ2) is 11.2. The summed E-state index contributed by atoms with van der Waals surface area (Å²) in [7, 11) is 0. The van der Waals surface area contributed by atoms with Crippen LogP contribution in [-0.2, 0) is 6.54 Å². The van der Waals surface area contributed by atoms with Crippen LogP contribution in [0.1, 0.15) is 16.7 Å². The third kappa shape index (κ3) is 5.02. The van der Waals surface area contributed by atoms with Gasteiger partial charge in [-0.3, -0.25) is 9.56 Å². The van der Waals surface area contributed by atoms with E-state index < -0.39 is 0 Å². The van der Waals surface area contributed by atoms with Crippen LogP contribution in [0.25, 0.3) is 28.1 Å². The molecule has 1 aromatic heterocycles. The van der Waals surface area contributed by atoms with Crippen molar-refractivity contribution in [3.05, 3.63) is 156 Å². The summed E-state index contributed by atoms with van der Waals surface area (Å²) in [6.07, 6.45) is 0. The van der Waals surface area contributed by atoms with Crippen LogP contribution in [0.4, 0.5) is 4.39 Å². The fraction of sp³-hybridized carbons (Fsp3) is 0.0294. The van der Waals surface area contributed by atoms with Crippen molar-refractivity contribution in [3.63, 3.8) is 0 Å². The first-order valence-corrected chi connectivity index (χ1v) is 13.0. The minimum Gasteiger partial charge on any atom is -0.383 e. The van der Waals surface area contributed by atoms with E-state index in [1.54, 1.807) is 12.1 Å². The highest BCUT2D eigenvalue weighted by Crippen LogP contribution is 2.32. The van der Waals surface area contributed by atoms with Gasteiger partial charge in [-0.15, -0.1) is 0 Å². The SMILES string of the molecule is N/C(=N\C(=N/Cc1ccccc1)c1ccccc1-n1c(-c2ccccc2F)nc2ccccc21)c1ccccc1. The number of nitrogens with zero attached hydrogens (tertiary/aromatic N) is 4. The molecule has 0 spiro atoms. The Labute approximate surface area is 231 Å². The molecule has 0 saturated heterocycles. The highest BCUT2D eigenvalue weighted by molar-refractivity contribution is 6.12. The maximum Gasteiger partial charge on any atom is 0.159 e. The molecule has 2 N–H and O–H groups in total. The van der Waals surface area contributed by atoms with Crippen molar-refractivity contribution in [3.8, 4) is 17.1 Å². The van der Waals surface area contributed by atoms with Crippen LogP contribution in [-0.4, -0.2) is 21.2 Å². The third-order valence-corrected chi connectivity index (χ3v) is 6.61. The van der Waals surface area contributed by atoms with Crippen LogP contribution in [0.2, 0.25) is 0 Å². The predicted molar refractivity (Wildman–Crippen MR) is 160 cm³/mol. The van der Waals surface area contributed by atoms with Crippen LogP contribution in [0.5, 0.6) is 0 Å². The Morgan fingerprint density at radius 2 is 1.38 bits per heavy atom. The molecular weight excluding hydrogens is 497 g/mol. The summed E-state index contributed by atoms with van der Waals surface area (Å²) in [5.74, 6) is 0.972. The van der Waals surface area contributed by atoms with Crippen LogP contribution in [0, 0.1) is 5.82 Å². The number of amidine groups is 2. The average molecular weight is 524 g/mol. The maximum atomic E-state index is 15.1. The Morgan fingerprint density at radius 3 is 2.17 bits per heavy atom. The van der Waals surface area contributed by atoms with Gasteiger partial charge in [0.15, 0.2) is 5.84 Å². The largest absolute Gasteiger partial charge is 0.383 e. The number of hydrogen-bond acceptors (Lipinski definition) is 2. The lowest BCUT2D eigenvalue weighted by Crippen LogP contribution is -2.17. The first-order chi connectivity index (χ1) is 19.7. The number of fused-ring (bicyclic) bond motifs is 1. The van der Waals surface area contributed by atoms with E-state index in [0.29, 0.717) is 29.6 Å². The van der Waals surface area contributed by atoms with E-state index in [1.165, 1.54) is 6.07 Å². The van der Waals surface area contributed by atoms with Gasteiger partial charge in [-0.2, -0.15) is 0 Å². The van der Waals surface area contributed by atoms with Gasteiger partial charge in [0.05, 0.1) is 28.8 Å². The molecule has 0 aliphatic carbocycles. The van der Waals surface area contributed by atoms with Gasteiger partial charge >= 0.3 is 0 Å². The summed E-state index contributed by atoms with van der Waals surface area (Å²) in [6, 6.07) is 41.9. The molecule has 40 heavy (non-hydrogen) atoms. The lowest BCUT2D eigenvalue weighted by atomic mass is 10.1. The highest BCUT2D eigenvalue weighted by Gasteiger charge is 2.20. The van der Waals surface area contributed by atoms with Crippen molar-refractivity contribution in [2.45, 2.75) is 6.54 Å². The molecule has 0 saturated carbocycles. The molecule has 194 valence electrons. The Morgan fingerprint density at radius 1 is 0.725 bits per heavy atom. The molecule has 5 nitrogen and oxygen atoms in total. The van der Waals surface area contributed by atoms with E-state index in [0.717, 1.165) is 33.4 Å². The summed E-state index contributed by atoms with van der Waals surface area (Å²) in [6.45, 7) is 0.418. The fourth-order valence-corrected chi connectivity index (χ4v) is 4.67. The molecule has 0 radical (unpaired) electrons. The van der Waals surface area contributed by atoms with Crippen LogP contribution in [0.15, 0.2) is 143 Å². The number of imidazole rings is 1. The number of para-hydroxylation sites is 3. The molecule has 6 aromatic rings. The van der Waals surface area contributed by atoms with Crippen LogP contribution < -0.4 is 5.73 Å². The molecule has 0 aliphatic heterocycles. The minimum atomic E-state index is -0.346. The van der Waals surface area contributed by atoms with E-state index in [1.807, 2.05) is 120 Å². The fourth-order valence-electron chi connectivity index (χ4n) is 4.67. The second-order valence-corrected chi connectivity index (χ2v) is 9.25. The maximum absolute atomic E-state index is 15.1. The van der Waals surface area contributed by atoms with Gasteiger partial charge in [-0.25, -0.2) is 14.4 Å². The highest BCUT2D eigenvalue weighted by atomic mass is 19.1. The molecule has 1 heterocycles. The molecule has 0 unspecified atom stereocenters. The van der Waals surface area contributed by atoms with Crippen molar-refractivity contribution >= 4 is 22.7 Å². The van der Waals surface area contributed by atoms with Gasteiger partial charge in [0.25, 0.3) is 0 Å². The quantitative estimate of drug-likeness (QED) is 0.186. The van der Waals surface area contributed by atoms with E-state index in [-0.39, 0.29) is 5.82 Å². The van der Waals surface area contributed by atoms with Crippen molar-refractivity contribution in [2.75, 3.05) is 0 Å². The lowest BCUT2D eigenvalue weighted by Gasteiger charge is -2.15. The van der Waals surface area contributed by atoms with Crippen LogP contribution in [0.3, 0.4) is 0 Å². The van der Waals surface area contributed by atoms with E-state index in [2.05, 4.69) is 0 Å². The van der Waals surface area contributed by atoms with Gasteiger partial charge in [0.2, 0.25) is 0 Å². The molecular formula is C34H26FN5.